The Kier molecular flexibility index (Phi) is 4.67. The van der Waals surface area contributed by atoms with Gasteiger partial charge < -0.3 is 9.47 Å². The number of methoxy groups -OCH3 is 1. The summed E-state index contributed by atoms with van der Waals surface area (Å²) in [5, 5.41) is 1.55. The topological polar surface area (TPSA) is 48.4 Å². The molecule has 1 aromatic heterocycles. The van der Waals surface area contributed by atoms with Gasteiger partial charge in [-0.25, -0.2) is 9.78 Å². The Labute approximate surface area is 145 Å². The van der Waals surface area contributed by atoms with E-state index < -0.39 is 5.97 Å². The van der Waals surface area contributed by atoms with Crippen LogP contribution in [0.2, 0.25) is 5.02 Å². The maximum Gasteiger partial charge on any atom is 0.356 e. The van der Waals surface area contributed by atoms with Gasteiger partial charge >= 0.3 is 5.97 Å². The normalized spacial score (nSPS) is 10.6. The van der Waals surface area contributed by atoms with Crippen molar-refractivity contribution in [2.45, 2.75) is 6.92 Å². The van der Waals surface area contributed by atoms with E-state index >= 15 is 0 Å². The molecule has 0 amide bonds. The highest BCUT2D eigenvalue weighted by atomic mass is 35.5. The molecular formula is C19H16ClNO3. The van der Waals surface area contributed by atoms with Crippen molar-refractivity contribution in [3.05, 3.63) is 59.2 Å². The fraction of sp³-hybridized carbons (Fsp3) is 0.158. The second kappa shape index (κ2) is 6.89. The number of ether oxygens (including phenoxy) is 2. The molecule has 0 aliphatic carbocycles. The highest BCUT2D eigenvalue weighted by molar-refractivity contribution is 6.30. The predicted octanol–water partition coefficient (Wildman–Crippen LogP) is 4.74. The summed E-state index contributed by atoms with van der Waals surface area (Å²) in [5.74, 6) is 0.148. The van der Waals surface area contributed by atoms with Crippen molar-refractivity contribution in [1.29, 1.82) is 0 Å². The van der Waals surface area contributed by atoms with Crippen LogP contribution in [0.3, 0.4) is 0 Å². The number of benzene rings is 2. The van der Waals surface area contributed by atoms with Gasteiger partial charge in [0.25, 0.3) is 0 Å². The van der Waals surface area contributed by atoms with Crippen molar-refractivity contribution in [1.82, 2.24) is 4.98 Å². The maximum absolute atomic E-state index is 12.2. The van der Waals surface area contributed by atoms with E-state index in [4.69, 9.17) is 21.1 Å². The summed E-state index contributed by atoms with van der Waals surface area (Å²) in [7, 11) is 1.58. The van der Waals surface area contributed by atoms with E-state index in [9.17, 15) is 4.79 Å². The van der Waals surface area contributed by atoms with Crippen LogP contribution in [-0.2, 0) is 4.74 Å². The van der Waals surface area contributed by atoms with Crippen molar-refractivity contribution >= 4 is 28.5 Å². The van der Waals surface area contributed by atoms with Crippen LogP contribution in [-0.4, -0.2) is 24.7 Å². The second-order valence-corrected chi connectivity index (χ2v) is 5.58. The summed E-state index contributed by atoms with van der Waals surface area (Å²) < 4.78 is 10.5. The Balaban J connectivity index is 2.29. The third kappa shape index (κ3) is 3.05. The molecule has 3 aromatic rings. The Morgan fingerprint density at radius 3 is 2.58 bits per heavy atom. The van der Waals surface area contributed by atoms with E-state index in [0.717, 1.165) is 16.5 Å². The molecule has 0 fully saturated rings. The number of nitrogens with zero attached hydrogens (tertiary/aromatic N) is 1. The first kappa shape index (κ1) is 16.3. The largest absolute Gasteiger partial charge is 0.494 e. The van der Waals surface area contributed by atoms with Gasteiger partial charge in [-0.15, -0.1) is 0 Å². The molecule has 5 heteroatoms. The third-order valence-corrected chi connectivity index (χ3v) is 3.91. The van der Waals surface area contributed by atoms with E-state index in [0.29, 0.717) is 22.9 Å². The number of hydrogen-bond acceptors (Lipinski definition) is 4. The molecule has 24 heavy (non-hydrogen) atoms. The standard InChI is InChI=1S/C19H16ClNO3/c1-3-24-19(22)16-11-15(12-7-9-13(20)10-8-12)14-5-4-6-17(23-2)18(14)21-16/h4-11H,3H2,1-2H3. The average molecular weight is 342 g/mol. The molecule has 0 N–H and O–H groups in total. The number of hydrogen-bond donors (Lipinski definition) is 0. The van der Waals surface area contributed by atoms with E-state index in [-0.39, 0.29) is 5.69 Å². The quantitative estimate of drug-likeness (QED) is 0.643. The Morgan fingerprint density at radius 1 is 1.17 bits per heavy atom. The van der Waals surface area contributed by atoms with Gasteiger partial charge in [-0.1, -0.05) is 35.9 Å². The van der Waals surface area contributed by atoms with Gasteiger partial charge in [0.05, 0.1) is 13.7 Å². The molecule has 2 aromatic carbocycles. The van der Waals surface area contributed by atoms with Gasteiger partial charge in [0, 0.05) is 10.4 Å². The molecule has 4 nitrogen and oxygen atoms in total. The fourth-order valence-electron chi connectivity index (χ4n) is 2.56. The van der Waals surface area contributed by atoms with Crippen LogP contribution in [0.15, 0.2) is 48.5 Å². The van der Waals surface area contributed by atoms with Gasteiger partial charge in [-0.2, -0.15) is 0 Å². The Hall–Kier alpha value is -2.59. The summed E-state index contributed by atoms with van der Waals surface area (Å²) in [6.45, 7) is 2.06. The molecule has 122 valence electrons. The highest BCUT2D eigenvalue weighted by Crippen LogP contribution is 2.33. The molecule has 0 aliphatic heterocycles. The van der Waals surface area contributed by atoms with Crippen LogP contribution >= 0.6 is 11.6 Å². The molecule has 1 heterocycles. The molecule has 0 unspecified atom stereocenters. The Bertz CT molecular complexity index is 891. The zero-order valence-electron chi connectivity index (χ0n) is 13.4. The molecule has 3 rings (SSSR count). The number of carbonyl (C=O) groups excluding carboxylic acids is 1. The highest BCUT2D eigenvalue weighted by Gasteiger charge is 2.16. The molecular weight excluding hydrogens is 326 g/mol. The van der Waals surface area contributed by atoms with Gasteiger partial charge in [-0.05, 0) is 42.3 Å². The summed E-state index contributed by atoms with van der Waals surface area (Å²) in [4.78, 5) is 16.6. The summed E-state index contributed by atoms with van der Waals surface area (Å²) in [5.41, 5.74) is 2.68. The lowest BCUT2D eigenvalue weighted by atomic mass is 10.00. The molecule has 0 saturated carbocycles. The zero-order valence-corrected chi connectivity index (χ0v) is 14.1. The summed E-state index contributed by atoms with van der Waals surface area (Å²) in [6, 6.07) is 14.8. The number of carbonyl (C=O) groups is 1. The number of pyridine rings is 1. The fourth-order valence-corrected chi connectivity index (χ4v) is 2.69. The first-order valence-corrected chi connectivity index (χ1v) is 7.92. The van der Waals surface area contributed by atoms with Crippen molar-refractivity contribution in [3.8, 4) is 16.9 Å². The summed E-state index contributed by atoms with van der Waals surface area (Å²) >= 11 is 5.98. The van der Waals surface area contributed by atoms with Crippen molar-refractivity contribution in [3.63, 3.8) is 0 Å². The van der Waals surface area contributed by atoms with Gasteiger partial charge in [0.1, 0.15) is 17.0 Å². The predicted molar refractivity (Wildman–Crippen MR) is 94.7 cm³/mol. The average Bonchev–Trinajstić information content (AvgIpc) is 2.61. The first-order chi connectivity index (χ1) is 11.6. The van der Waals surface area contributed by atoms with E-state index in [1.165, 1.54) is 0 Å². The molecule has 0 bridgehead atoms. The molecule has 0 aliphatic rings. The van der Waals surface area contributed by atoms with E-state index in [1.54, 1.807) is 20.1 Å². The van der Waals surface area contributed by atoms with Crippen LogP contribution in [0.1, 0.15) is 17.4 Å². The maximum atomic E-state index is 12.2. The molecule has 0 radical (unpaired) electrons. The zero-order chi connectivity index (χ0) is 17.1. The smallest absolute Gasteiger partial charge is 0.356 e. The van der Waals surface area contributed by atoms with Gasteiger partial charge in [0.15, 0.2) is 0 Å². The van der Waals surface area contributed by atoms with Gasteiger partial charge in [0.2, 0.25) is 0 Å². The lowest BCUT2D eigenvalue weighted by Crippen LogP contribution is -2.08. The van der Waals surface area contributed by atoms with E-state index in [2.05, 4.69) is 4.98 Å². The first-order valence-electron chi connectivity index (χ1n) is 7.55. The third-order valence-electron chi connectivity index (χ3n) is 3.66. The molecule has 0 saturated heterocycles. The number of halogens is 1. The second-order valence-electron chi connectivity index (χ2n) is 5.14. The minimum Gasteiger partial charge on any atom is -0.494 e. The number of rotatable bonds is 4. The van der Waals surface area contributed by atoms with Crippen LogP contribution in [0.25, 0.3) is 22.0 Å². The van der Waals surface area contributed by atoms with Crippen LogP contribution < -0.4 is 4.74 Å². The molecule has 0 atom stereocenters. The number of fused-ring (bicyclic) bond motifs is 1. The number of para-hydroxylation sites is 1. The van der Waals surface area contributed by atoms with Crippen molar-refractivity contribution in [2.75, 3.05) is 13.7 Å². The Morgan fingerprint density at radius 2 is 1.92 bits per heavy atom. The van der Waals surface area contributed by atoms with Crippen LogP contribution in [0.5, 0.6) is 5.75 Å². The van der Waals surface area contributed by atoms with Crippen LogP contribution in [0.4, 0.5) is 0 Å². The minimum atomic E-state index is -0.458. The molecule has 0 spiro atoms. The van der Waals surface area contributed by atoms with Crippen molar-refractivity contribution in [2.24, 2.45) is 0 Å². The lowest BCUT2D eigenvalue weighted by Gasteiger charge is -2.12. The SMILES string of the molecule is CCOC(=O)c1cc(-c2ccc(Cl)cc2)c2cccc(OC)c2n1. The number of aromatic nitrogens is 1. The van der Waals surface area contributed by atoms with E-state index in [1.807, 2.05) is 42.5 Å². The van der Waals surface area contributed by atoms with Crippen LogP contribution in [0, 0.1) is 0 Å². The van der Waals surface area contributed by atoms with Gasteiger partial charge in [-0.3, -0.25) is 0 Å². The monoisotopic (exact) mass is 341 g/mol. The minimum absolute atomic E-state index is 0.249. The summed E-state index contributed by atoms with van der Waals surface area (Å²) in [6.07, 6.45) is 0. The van der Waals surface area contributed by atoms with Crippen molar-refractivity contribution < 1.29 is 14.3 Å². The lowest BCUT2D eigenvalue weighted by molar-refractivity contribution is 0.0520. The number of esters is 1.